The third kappa shape index (κ3) is 5.52. The molecular weight excluding hydrogens is 432 g/mol. The molecule has 3 aromatic carbocycles. The zero-order valence-electron chi connectivity index (χ0n) is 18.9. The van der Waals surface area contributed by atoms with Crippen molar-refractivity contribution in [2.24, 2.45) is 0 Å². The van der Waals surface area contributed by atoms with Crippen LogP contribution in [0.5, 0.6) is 0 Å². The van der Waals surface area contributed by atoms with Crippen molar-refractivity contribution in [1.29, 1.82) is 0 Å². The summed E-state index contributed by atoms with van der Waals surface area (Å²) in [5.74, 6) is 0.187. The Morgan fingerprint density at radius 2 is 1.70 bits per heavy atom. The van der Waals surface area contributed by atoms with Crippen LogP contribution in [0.4, 0.5) is 0 Å². The molecular formula is C27H26N2O3S. The van der Waals surface area contributed by atoms with Crippen LogP contribution in [-0.2, 0) is 17.0 Å². The van der Waals surface area contributed by atoms with Crippen molar-refractivity contribution in [1.82, 2.24) is 9.55 Å². The van der Waals surface area contributed by atoms with Crippen LogP contribution >= 0.6 is 11.8 Å². The molecule has 1 aromatic heterocycles. The van der Waals surface area contributed by atoms with E-state index < -0.39 is 5.60 Å². The quantitative estimate of drug-likeness (QED) is 0.189. The maximum absolute atomic E-state index is 12.7. The van der Waals surface area contributed by atoms with Gasteiger partial charge in [-0.3, -0.25) is 4.79 Å². The predicted molar refractivity (Wildman–Crippen MR) is 132 cm³/mol. The number of carbonyl (C=O) groups excluding carboxylic acids is 2. The number of fused-ring (bicyclic) bond motifs is 1. The monoisotopic (exact) mass is 458 g/mol. The molecule has 0 spiro atoms. The van der Waals surface area contributed by atoms with Gasteiger partial charge in [-0.2, -0.15) is 0 Å². The highest BCUT2D eigenvalue weighted by Crippen LogP contribution is 2.27. The minimum absolute atomic E-state index is 0.341. The molecule has 0 fully saturated rings. The topological polar surface area (TPSA) is 61.2 Å². The highest BCUT2D eigenvalue weighted by Gasteiger charge is 2.20. The van der Waals surface area contributed by atoms with Gasteiger partial charge in [0, 0.05) is 11.9 Å². The molecule has 4 aromatic rings. The number of aldehydes is 1. The molecule has 0 bridgehead atoms. The standard InChI is InChI=1S/C27H26N2O3S/c1-27(2,3)32-25(31)24-14-7-5-10-21(24)18-33-26-28-22(17-30)16-29(26)15-20-12-8-11-19-9-4-6-13-23(19)20/h4-14,16-17H,15,18H2,1-3H3. The van der Waals surface area contributed by atoms with Gasteiger partial charge in [0.05, 0.1) is 12.1 Å². The average molecular weight is 459 g/mol. The van der Waals surface area contributed by atoms with E-state index in [1.165, 1.54) is 22.5 Å². The van der Waals surface area contributed by atoms with Gasteiger partial charge in [0.25, 0.3) is 0 Å². The fraction of sp³-hybridized carbons (Fsp3) is 0.222. The molecule has 0 N–H and O–H groups in total. The van der Waals surface area contributed by atoms with Gasteiger partial charge in [-0.1, -0.05) is 72.4 Å². The number of nitrogens with zero attached hydrogens (tertiary/aromatic N) is 2. The summed E-state index contributed by atoms with van der Waals surface area (Å²) < 4.78 is 7.56. The number of hydrogen-bond donors (Lipinski definition) is 0. The van der Waals surface area contributed by atoms with Gasteiger partial charge >= 0.3 is 5.97 Å². The number of hydrogen-bond acceptors (Lipinski definition) is 5. The molecule has 0 aliphatic heterocycles. The first-order valence-corrected chi connectivity index (χ1v) is 11.8. The molecule has 1 heterocycles. The summed E-state index contributed by atoms with van der Waals surface area (Å²) in [6, 6.07) is 21.9. The molecule has 168 valence electrons. The lowest BCUT2D eigenvalue weighted by Gasteiger charge is -2.20. The molecule has 0 saturated carbocycles. The van der Waals surface area contributed by atoms with Gasteiger partial charge in [0.15, 0.2) is 11.4 Å². The van der Waals surface area contributed by atoms with Gasteiger partial charge in [-0.15, -0.1) is 0 Å². The Bertz CT molecular complexity index is 1300. The predicted octanol–water partition coefficient (Wildman–Crippen LogP) is 6.14. The maximum Gasteiger partial charge on any atom is 0.338 e. The largest absolute Gasteiger partial charge is 0.456 e. The summed E-state index contributed by atoms with van der Waals surface area (Å²) in [4.78, 5) is 28.6. The lowest BCUT2D eigenvalue weighted by molar-refractivity contribution is 0.00686. The number of ether oxygens (including phenoxy) is 1. The van der Waals surface area contributed by atoms with Crippen LogP contribution in [0.15, 0.2) is 78.1 Å². The first-order valence-electron chi connectivity index (χ1n) is 10.8. The van der Waals surface area contributed by atoms with E-state index in [1.807, 2.05) is 61.7 Å². The Morgan fingerprint density at radius 3 is 2.48 bits per heavy atom. The first kappa shape index (κ1) is 22.8. The van der Waals surface area contributed by atoms with Crippen molar-refractivity contribution in [3.63, 3.8) is 0 Å². The smallest absolute Gasteiger partial charge is 0.338 e. The summed E-state index contributed by atoms with van der Waals surface area (Å²) in [5, 5.41) is 3.07. The van der Waals surface area contributed by atoms with Gasteiger partial charge in [-0.25, -0.2) is 9.78 Å². The van der Waals surface area contributed by atoms with E-state index in [4.69, 9.17) is 4.74 Å². The fourth-order valence-electron chi connectivity index (χ4n) is 3.64. The second kappa shape index (κ2) is 9.63. The summed E-state index contributed by atoms with van der Waals surface area (Å²) >= 11 is 1.50. The van der Waals surface area contributed by atoms with Crippen molar-refractivity contribution in [2.75, 3.05) is 0 Å². The Labute approximate surface area is 197 Å². The second-order valence-corrected chi connectivity index (χ2v) is 9.72. The van der Waals surface area contributed by atoms with Gasteiger partial charge in [-0.05, 0) is 48.7 Å². The summed E-state index contributed by atoms with van der Waals surface area (Å²) in [6.45, 7) is 6.16. The molecule has 4 rings (SSSR count). The third-order valence-corrected chi connectivity index (χ3v) is 6.13. The number of aromatic nitrogens is 2. The van der Waals surface area contributed by atoms with E-state index in [0.717, 1.165) is 22.6 Å². The van der Waals surface area contributed by atoms with Gasteiger partial charge < -0.3 is 9.30 Å². The maximum atomic E-state index is 12.7. The van der Waals surface area contributed by atoms with Crippen LogP contribution < -0.4 is 0 Å². The van der Waals surface area contributed by atoms with E-state index in [9.17, 15) is 9.59 Å². The summed E-state index contributed by atoms with van der Waals surface area (Å²) in [6.07, 6.45) is 2.54. The molecule has 33 heavy (non-hydrogen) atoms. The number of thioether (sulfide) groups is 1. The van der Waals surface area contributed by atoms with Gasteiger partial charge in [0.2, 0.25) is 0 Å². The minimum Gasteiger partial charge on any atom is -0.456 e. The van der Waals surface area contributed by atoms with E-state index >= 15 is 0 Å². The fourth-order valence-corrected chi connectivity index (χ4v) is 4.63. The molecule has 0 aliphatic carbocycles. The van der Waals surface area contributed by atoms with E-state index in [2.05, 4.69) is 29.2 Å². The van der Waals surface area contributed by atoms with Crippen molar-refractivity contribution < 1.29 is 14.3 Å². The molecule has 0 saturated heterocycles. The third-order valence-electron chi connectivity index (χ3n) is 5.09. The van der Waals surface area contributed by atoms with Crippen LogP contribution in [0.1, 0.15) is 52.7 Å². The SMILES string of the molecule is CC(C)(C)OC(=O)c1ccccc1CSc1nc(C=O)cn1Cc1cccc2ccccc12. The Morgan fingerprint density at radius 1 is 1.00 bits per heavy atom. The first-order chi connectivity index (χ1) is 15.8. The Kier molecular flexibility index (Phi) is 6.65. The molecule has 0 unspecified atom stereocenters. The lowest BCUT2D eigenvalue weighted by Crippen LogP contribution is -2.24. The number of rotatable bonds is 7. The molecule has 0 aliphatic rings. The second-order valence-electron chi connectivity index (χ2n) is 8.78. The summed E-state index contributed by atoms with van der Waals surface area (Å²) in [5.41, 5.74) is 2.38. The van der Waals surface area contributed by atoms with Gasteiger partial charge in [0.1, 0.15) is 11.3 Å². The molecule has 0 atom stereocenters. The molecule has 0 radical (unpaired) electrons. The normalized spacial score (nSPS) is 11.5. The highest BCUT2D eigenvalue weighted by atomic mass is 32.2. The van der Waals surface area contributed by atoms with Crippen molar-refractivity contribution in [2.45, 2.75) is 43.8 Å². The van der Waals surface area contributed by atoms with Crippen molar-refractivity contribution >= 4 is 34.8 Å². The number of benzene rings is 3. The van der Waals surface area contributed by atoms with Crippen molar-refractivity contribution in [3.8, 4) is 0 Å². The Balaban J connectivity index is 1.59. The number of carbonyl (C=O) groups is 2. The van der Waals surface area contributed by atoms with Crippen molar-refractivity contribution in [3.05, 3.63) is 95.3 Å². The molecule has 5 nitrogen and oxygen atoms in total. The highest BCUT2D eigenvalue weighted by molar-refractivity contribution is 7.98. The number of esters is 1. The average Bonchev–Trinajstić information content (AvgIpc) is 3.19. The lowest BCUT2D eigenvalue weighted by atomic mass is 10.0. The molecule has 0 amide bonds. The van der Waals surface area contributed by atoms with Crippen LogP contribution in [0.25, 0.3) is 10.8 Å². The van der Waals surface area contributed by atoms with Crippen LogP contribution in [0, 0.1) is 0 Å². The Hall–Kier alpha value is -3.38. The summed E-state index contributed by atoms with van der Waals surface area (Å²) in [7, 11) is 0. The number of imidazole rings is 1. The molecule has 6 heteroatoms. The van der Waals surface area contributed by atoms with Crippen LogP contribution in [0.2, 0.25) is 0 Å². The zero-order valence-corrected chi connectivity index (χ0v) is 19.8. The van der Waals surface area contributed by atoms with Crippen LogP contribution in [-0.4, -0.2) is 27.4 Å². The van der Waals surface area contributed by atoms with E-state index in [1.54, 1.807) is 12.3 Å². The van der Waals surface area contributed by atoms with Crippen LogP contribution in [0.3, 0.4) is 0 Å². The zero-order chi connectivity index (χ0) is 23.4. The van der Waals surface area contributed by atoms with E-state index in [0.29, 0.717) is 23.6 Å². The minimum atomic E-state index is -0.565. The van der Waals surface area contributed by atoms with E-state index in [-0.39, 0.29) is 5.97 Å².